The second kappa shape index (κ2) is 63.7. The monoisotopic (exact) mass is 1040 g/mol. The van der Waals surface area contributed by atoms with Crippen molar-refractivity contribution in [3.05, 3.63) is 12.2 Å². The van der Waals surface area contributed by atoms with Gasteiger partial charge in [-0.2, -0.15) is 0 Å². The maximum Gasteiger partial charge on any atom is 0.306 e. The molecule has 0 fully saturated rings. The molecule has 1 unspecified atom stereocenters. The van der Waals surface area contributed by atoms with E-state index in [2.05, 4.69) is 32.9 Å². The fourth-order valence-electron chi connectivity index (χ4n) is 10.4. The Kier molecular flexibility index (Phi) is 62.1. The van der Waals surface area contributed by atoms with Crippen molar-refractivity contribution in [2.24, 2.45) is 0 Å². The van der Waals surface area contributed by atoms with Gasteiger partial charge >= 0.3 is 17.9 Å². The molecule has 6 nitrogen and oxygen atoms in total. The fourth-order valence-corrected chi connectivity index (χ4v) is 10.4. The molecule has 6 heteroatoms. The first-order valence-electron chi connectivity index (χ1n) is 33.7. The van der Waals surface area contributed by atoms with Crippen molar-refractivity contribution in [3.63, 3.8) is 0 Å². The fraction of sp³-hybridized carbons (Fsp3) is 0.926. The number of ether oxygens (including phenoxy) is 3. The van der Waals surface area contributed by atoms with Crippen LogP contribution in [-0.2, 0) is 28.6 Å². The number of carbonyl (C=O) groups is 3. The van der Waals surface area contributed by atoms with Crippen LogP contribution in [0, 0.1) is 0 Å². The van der Waals surface area contributed by atoms with Gasteiger partial charge in [0.15, 0.2) is 6.10 Å². The first-order valence-corrected chi connectivity index (χ1v) is 33.7. The Morgan fingerprint density at radius 2 is 0.459 bits per heavy atom. The molecule has 0 spiro atoms. The van der Waals surface area contributed by atoms with Crippen LogP contribution in [0.4, 0.5) is 0 Å². The second-order valence-electron chi connectivity index (χ2n) is 23.1. The van der Waals surface area contributed by atoms with Gasteiger partial charge in [-0.1, -0.05) is 341 Å². The van der Waals surface area contributed by atoms with Crippen LogP contribution in [-0.4, -0.2) is 37.2 Å². The first-order chi connectivity index (χ1) is 36.5. The molecule has 1 atom stereocenters. The van der Waals surface area contributed by atoms with Crippen molar-refractivity contribution >= 4 is 17.9 Å². The van der Waals surface area contributed by atoms with Gasteiger partial charge < -0.3 is 14.2 Å². The van der Waals surface area contributed by atoms with E-state index >= 15 is 0 Å². The van der Waals surface area contributed by atoms with Crippen LogP contribution in [0.3, 0.4) is 0 Å². The normalized spacial score (nSPS) is 12.0. The number of carbonyl (C=O) groups excluding carboxylic acids is 3. The van der Waals surface area contributed by atoms with Crippen molar-refractivity contribution in [1.82, 2.24) is 0 Å². The quantitative estimate of drug-likeness (QED) is 0.0261. The number of hydrogen-bond donors (Lipinski definition) is 0. The van der Waals surface area contributed by atoms with Crippen molar-refractivity contribution in [2.45, 2.75) is 393 Å². The van der Waals surface area contributed by atoms with E-state index in [1.165, 1.54) is 283 Å². The number of hydrogen-bond acceptors (Lipinski definition) is 6. The van der Waals surface area contributed by atoms with Gasteiger partial charge in [0.25, 0.3) is 0 Å². The van der Waals surface area contributed by atoms with E-state index in [0.717, 1.165) is 64.2 Å². The minimum atomic E-state index is -0.768. The molecule has 0 radical (unpaired) electrons. The molecule has 0 aliphatic carbocycles. The van der Waals surface area contributed by atoms with Crippen molar-refractivity contribution in [2.75, 3.05) is 13.2 Å². The zero-order chi connectivity index (χ0) is 53.6. The maximum absolute atomic E-state index is 12.9. The van der Waals surface area contributed by atoms with E-state index in [1.54, 1.807) is 0 Å². The molecule has 0 N–H and O–H groups in total. The molecule has 0 rings (SSSR count). The third-order valence-electron chi connectivity index (χ3n) is 15.5. The molecule has 0 amide bonds. The molecule has 0 aromatic heterocycles. The average Bonchev–Trinajstić information content (AvgIpc) is 3.40. The summed E-state index contributed by atoms with van der Waals surface area (Å²) in [5.41, 5.74) is 0. The van der Waals surface area contributed by atoms with E-state index in [4.69, 9.17) is 14.2 Å². The molecule has 0 aromatic carbocycles. The Balaban J connectivity index is 4.03. The predicted octanol–water partition coefficient (Wildman–Crippen LogP) is 22.8. The third-order valence-corrected chi connectivity index (χ3v) is 15.5. The summed E-state index contributed by atoms with van der Waals surface area (Å²) in [6, 6.07) is 0. The second-order valence-corrected chi connectivity index (χ2v) is 23.1. The van der Waals surface area contributed by atoms with Crippen LogP contribution < -0.4 is 0 Å². The number of unbranched alkanes of at least 4 members (excludes halogenated alkanes) is 50. The lowest BCUT2D eigenvalue weighted by atomic mass is 10.0. The number of esters is 3. The van der Waals surface area contributed by atoms with Crippen LogP contribution in [0.1, 0.15) is 387 Å². The SMILES string of the molecule is CCCC/C=C\CCCCCCCC(=O)OCC(COC(=O)CCCCCCCCCCCCCCCCCCCCCCCCCCCCCCCCC)OC(=O)CCCCCCCCCCCCCCCC. The Morgan fingerprint density at radius 3 is 0.716 bits per heavy atom. The van der Waals surface area contributed by atoms with Crippen LogP contribution in [0.15, 0.2) is 12.2 Å². The van der Waals surface area contributed by atoms with Crippen molar-refractivity contribution in [3.8, 4) is 0 Å². The van der Waals surface area contributed by atoms with Gasteiger partial charge in [-0.25, -0.2) is 0 Å². The van der Waals surface area contributed by atoms with Crippen LogP contribution in [0.2, 0.25) is 0 Å². The minimum Gasteiger partial charge on any atom is -0.462 e. The summed E-state index contributed by atoms with van der Waals surface area (Å²) in [6.45, 7) is 6.67. The van der Waals surface area contributed by atoms with E-state index < -0.39 is 6.10 Å². The first kappa shape index (κ1) is 72.2. The van der Waals surface area contributed by atoms with Gasteiger partial charge in [0, 0.05) is 19.3 Å². The molecule has 74 heavy (non-hydrogen) atoms. The third kappa shape index (κ3) is 61.0. The highest BCUT2D eigenvalue weighted by atomic mass is 16.6. The summed E-state index contributed by atoms with van der Waals surface area (Å²) in [5.74, 6) is -0.849. The molecule has 0 heterocycles. The summed E-state index contributed by atoms with van der Waals surface area (Å²) >= 11 is 0. The highest BCUT2D eigenvalue weighted by Gasteiger charge is 2.19. The van der Waals surface area contributed by atoms with Gasteiger partial charge in [0.05, 0.1) is 0 Å². The Morgan fingerprint density at radius 1 is 0.257 bits per heavy atom. The van der Waals surface area contributed by atoms with E-state index in [1.807, 2.05) is 0 Å². The number of allylic oxidation sites excluding steroid dienone is 2. The summed E-state index contributed by atoms with van der Waals surface area (Å²) in [4.78, 5) is 38.2. The van der Waals surface area contributed by atoms with E-state index in [9.17, 15) is 14.4 Å². The lowest BCUT2D eigenvalue weighted by molar-refractivity contribution is -0.167. The van der Waals surface area contributed by atoms with Crippen LogP contribution in [0.5, 0.6) is 0 Å². The predicted molar refractivity (Wildman–Crippen MR) is 321 cm³/mol. The van der Waals surface area contributed by atoms with Crippen molar-refractivity contribution in [1.29, 1.82) is 0 Å². The lowest BCUT2D eigenvalue weighted by Gasteiger charge is -2.18. The summed E-state index contributed by atoms with van der Waals surface area (Å²) in [7, 11) is 0. The Hall–Kier alpha value is -1.85. The van der Waals surface area contributed by atoms with Gasteiger partial charge in [-0.05, 0) is 38.5 Å². The molecule has 438 valence electrons. The Bertz CT molecular complexity index is 1150. The average molecular weight is 1040 g/mol. The molecule has 0 aliphatic heterocycles. The largest absolute Gasteiger partial charge is 0.462 e. The molecular formula is C68H130O6. The summed E-state index contributed by atoms with van der Waals surface area (Å²) < 4.78 is 16.9. The molecule has 0 aromatic rings. The minimum absolute atomic E-state index is 0.0664. The van der Waals surface area contributed by atoms with E-state index in [0.29, 0.717) is 19.3 Å². The molecule has 0 saturated carbocycles. The van der Waals surface area contributed by atoms with Gasteiger partial charge in [0.1, 0.15) is 13.2 Å². The van der Waals surface area contributed by atoms with Gasteiger partial charge in [-0.15, -0.1) is 0 Å². The maximum atomic E-state index is 12.9. The van der Waals surface area contributed by atoms with Crippen LogP contribution in [0.25, 0.3) is 0 Å². The van der Waals surface area contributed by atoms with E-state index in [-0.39, 0.29) is 31.1 Å². The highest BCUT2D eigenvalue weighted by molar-refractivity contribution is 5.71. The topological polar surface area (TPSA) is 78.9 Å². The molecular weight excluding hydrogens is 913 g/mol. The molecule has 0 aliphatic rings. The standard InChI is InChI=1S/C68H130O6/c1-4-7-10-13-16-19-22-24-26-27-28-29-30-31-32-33-34-35-36-37-38-39-40-41-42-44-46-49-52-55-58-61-67(70)73-64-65(63-72-66(69)60-57-54-51-48-45-21-18-15-12-9-6-3)74-68(71)62-59-56-53-50-47-43-25-23-20-17-14-11-8-5-2/h15,18,65H,4-14,16-17,19-64H2,1-3H3/b18-15-. The summed E-state index contributed by atoms with van der Waals surface area (Å²) in [6.07, 6.45) is 75.4. The highest BCUT2D eigenvalue weighted by Crippen LogP contribution is 2.19. The molecule has 0 saturated heterocycles. The lowest BCUT2D eigenvalue weighted by Crippen LogP contribution is -2.30. The Labute approximate surface area is 462 Å². The molecule has 0 bridgehead atoms. The zero-order valence-corrected chi connectivity index (χ0v) is 50.4. The van der Waals surface area contributed by atoms with Crippen molar-refractivity contribution < 1.29 is 28.6 Å². The zero-order valence-electron chi connectivity index (χ0n) is 50.4. The number of rotatable bonds is 63. The van der Waals surface area contributed by atoms with Crippen LogP contribution >= 0.6 is 0 Å². The summed E-state index contributed by atoms with van der Waals surface area (Å²) in [5, 5.41) is 0. The van der Waals surface area contributed by atoms with Gasteiger partial charge in [0.2, 0.25) is 0 Å². The smallest absolute Gasteiger partial charge is 0.306 e. The van der Waals surface area contributed by atoms with Gasteiger partial charge in [-0.3, -0.25) is 14.4 Å².